The Labute approximate surface area is 120 Å². The quantitative estimate of drug-likeness (QED) is 0.741. The number of benzene rings is 1. The third kappa shape index (κ3) is 5.85. The van der Waals surface area contributed by atoms with Gasteiger partial charge in [0.25, 0.3) is 0 Å². The smallest absolute Gasteiger partial charge is 0.241 e. The Balaban J connectivity index is 2.30. The second-order valence-electron chi connectivity index (χ2n) is 5.06. The Morgan fingerprint density at radius 1 is 1.30 bits per heavy atom. The van der Waals surface area contributed by atoms with E-state index in [2.05, 4.69) is 19.2 Å². The molecular formula is C16H22N2O2. The summed E-state index contributed by atoms with van der Waals surface area (Å²) < 4.78 is 5.42. The predicted molar refractivity (Wildman–Crippen MR) is 78.1 cm³/mol. The molecule has 4 heteroatoms. The van der Waals surface area contributed by atoms with Gasteiger partial charge in [-0.1, -0.05) is 44.2 Å². The molecule has 0 bridgehead atoms. The Kier molecular flexibility index (Phi) is 7.38. The van der Waals surface area contributed by atoms with Crippen LogP contribution in [-0.4, -0.2) is 25.7 Å². The van der Waals surface area contributed by atoms with Gasteiger partial charge in [-0.25, -0.2) is 0 Å². The number of nitrogens with zero attached hydrogens (tertiary/aromatic N) is 1. The monoisotopic (exact) mass is 274 g/mol. The van der Waals surface area contributed by atoms with Crippen molar-refractivity contribution in [3.63, 3.8) is 0 Å². The molecule has 1 rings (SSSR count). The lowest BCUT2D eigenvalue weighted by Crippen LogP contribution is -2.31. The molecule has 0 aliphatic carbocycles. The highest BCUT2D eigenvalue weighted by Gasteiger charge is 2.18. The molecule has 0 fully saturated rings. The molecule has 0 aliphatic heterocycles. The molecule has 1 atom stereocenters. The van der Waals surface area contributed by atoms with Gasteiger partial charge in [-0.3, -0.25) is 4.79 Å². The first-order valence-electron chi connectivity index (χ1n) is 6.95. The summed E-state index contributed by atoms with van der Waals surface area (Å²) in [7, 11) is 0. The molecule has 0 aliphatic rings. The van der Waals surface area contributed by atoms with Crippen molar-refractivity contribution in [1.29, 1.82) is 5.26 Å². The normalized spacial score (nSPS) is 11.9. The minimum Gasteiger partial charge on any atom is -0.380 e. The summed E-state index contributed by atoms with van der Waals surface area (Å²) in [4.78, 5) is 11.9. The van der Waals surface area contributed by atoms with Crippen molar-refractivity contribution in [2.45, 2.75) is 26.2 Å². The molecule has 1 N–H and O–H groups in total. The molecule has 1 unspecified atom stereocenters. The standard InChI is InChI=1S/C16H22N2O2/c1-13(2)8-10-20-11-9-18-16(19)15(12-17)14-6-4-3-5-7-14/h3-7,13,15H,8-11H2,1-2H3,(H,18,19). The average molecular weight is 274 g/mol. The van der Waals surface area contributed by atoms with E-state index in [9.17, 15) is 4.79 Å². The molecule has 0 saturated heterocycles. The fourth-order valence-electron chi connectivity index (χ4n) is 1.70. The maximum absolute atomic E-state index is 11.9. The van der Waals surface area contributed by atoms with Crippen LogP contribution in [0.1, 0.15) is 31.7 Å². The van der Waals surface area contributed by atoms with Crippen LogP contribution in [0.15, 0.2) is 30.3 Å². The number of carbonyl (C=O) groups excluding carboxylic acids is 1. The summed E-state index contributed by atoms with van der Waals surface area (Å²) in [6.45, 7) is 5.90. The average Bonchev–Trinajstić information content (AvgIpc) is 2.44. The molecule has 1 amide bonds. The summed E-state index contributed by atoms with van der Waals surface area (Å²) in [5, 5.41) is 11.8. The van der Waals surface area contributed by atoms with E-state index in [0.717, 1.165) is 6.42 Å². The number of nitriles is 1. The lowest BCUT2D eigenvalue weighted by Gasteiger charge is -2.11. The number of ether oxygens (including phenoxy) is 1. The summed E-state index contributed by atoms with van der Waals surface area (Å²) in [5.41, 5.74) is 0.716. The summed E-state index contributed by atoms with van der Waals surface area (Å²) in [5.74, 6) is -0.413. The highest BCUT2D eigenvalue weighted by molar-refractivity contribution is 5.86. The van der Waals surface area contributed by atoms with Crippen LogP contribution >= 0.6 is 0 Å². The van der Waals surface area contributed by atoms with Crippen molar-refractivity contribution in [3.05, 3.63) is 35.9 Å². The van der Waals surface area contributed by atoms with Crippen LogP contribution in [0.5, 0.6) is 0 Å². The molecular weight excluding hydrogens is 252 g/mol. The number of hydrogen-bond acceptors (Lipinski definition) is 3. The number of nitrogens with one attached hydrogen (secondary N) is 1. The molecule has 0 saturated carbocycles. The van der Waals surface area contributed by atoms with E-state index in [1.807, 2.05) is 24.3 Å². The largest absolute Gasteiger partial charge is 0.380 e. The zero-order valence-corrected chi connectivity index (χ0v) is 12.1. The maximum Gasteiger partial charge on any atom is 0.241 e. The summed E-state index contributed by atoms with van der Waals surface area (Å²) >= 11 is 0. The minimum absolute atomic E-state index is 0.272. The van der Waals surface area contributed by atoms with Gasteiger partial charge < -0.3 is 10.1 Å². The molecule has 1 aromatic carbocycles. The van der Waals surface area contributed by atoms with Crippen LogP contribution < -0.4 is 5.32 Å². The van der Waals surface area contributed by atoms with Crippen LogP contribution in [0.3, 0.4) is 0 Å². The molecule has 1 aromatic rings. The highest BCUT2D eigenvalue weighted by atomic mass is 16.5. The number of carbonyl (C=O) groups is 1. The molecule has 0 aromatic heterocycles. The Morgan fingerprint density at radius 2 is 2.00 bits per heavy atom. The van der Waals surface area contributed by atoms with E-state index in [1.54, 1.807) is 12.1 Å². The Bertz CT molecular complexity index is 438. The molecule has 0 radical (unpaired) electrons. The van der Waals surface area contributed by atoms with E-state index in [4.69, 9.17) is 10.00 Å². The van der Waals surface area contributed by atoms with E-state index >= 15 is 0 Å². The van der Waals surface area contributed by atoms with Gasteiger partial charge in [0, 0.05) is 13.2 Å². The van der Waals surface area contributed by atoms with Crippen molar-refractivity contribution in [2.24, 2.45) is 5.92 Å². The van der Waals surface area contributed by atoms with Gasteiger partial charge in [0.05, 0.1) is 12.7 Å². The molecule has 0 heterocycles. The minimum atomic E-state index is -0.758. The van der Waals surface area contributed by atoms with Crippen molar-refractivity contribution >= 4 is 5.91 Å². The SMILES string of the molecule is CC(C)CCOCCNC(=O)C(C#N)c1ccccc1. The third-order valence-electron chi connectivity index (χ3n) is 2.91. The Hall–Kier alpha value is -1.86. The van der Waals surface area contributed by atoms with Crippen LogP contribution in [0.2, 0.25) is 0 Å². The van der Waals surface area contributed by atoms with E-state index in [-0.39, 0.29) is 5.91 Å². The van der Waals surface area contributed by atoms with Crippen molar-refractivity contribution in [3.8, 4) is 6.07 Å². The van der Waals surface area contributed by atoms with Crippen LogP contribution in [0.4, 0.5) is 0 Å². The van der Waals surface area contributed by atoms with Crippen molar-refractivity contribution in [1.82, 2.24) is 5.32 Å². The van der Waals surface area contributed by atoms with Gasteiger partial charge in [0.2, 0.25) is 5.91 Å². The second kappa shape index (κ2) is 9.11. The van der Waals surface area contributed by atoms with Crippen LogP contribution in [-0.2, 0) is 9.53 Å². The first-order valence-corrected chi connectivity index (χ1v) is 6.95. The first kappa shape index (κ1) is 16.2. The predicted octanol–water partition coefficient (Wildman–Crippen LogP) is 2.47. The molecule has 20 heavy (non-hydrogen) atoms. The topological polar surface area (TPSA) is 62.1 Å². The van der Waals surface area contributed by atoms with Gasteiger partial charge in [-0.2, -0.15) is 5.26 Å². The van der Waals surface area contributed by atoms with Gasteiger partial charge in [0.1, 0.15) is 5.92 Å². The Morgan fingerprint density at radius 3 is 2.60 bits per heavy atom. The fraction of sp³-hybridized carbons (Fsp3) is 0.500. The second-order valence-corrected chi connectivity index (χ2v) is 5.06. The van der Waals surface area contributed by atoms with E-state index < -0.39 is 5.92 Å². The van der Waals surface area contributed by atoms with Gasteiger partial charge in [-0.05, 0) is 17.9 Å². The van der Waals surface area contributed by atoms with E-state index in [1.165, 1.54) is 0 Å². The zero-order chi connectivity index (χ0) is 14.8. The number of hydrogen-bond donors (Lipinski definition) is 1. The summed E-state index contributed by atoms with van der Waals surface area (Å²) in [6, 6.07) is 11.1. The zero-order valence-electron chi connectivity index (χ0n) is 12.1. The summed E-state index contributed by atoms with van der Waals surface area (Å²) in [6.07, 6.45) is 1.01. The van der Waals surface area contributed by atoms with Gasteiger partial charge in [0.15, 0.2) is 0 Å². The van der Waals surface area contributed by atoms with Crippen LogP contribution in [0.25, 0.3) is 0 Å². The number of amides is 1. The molecule has 108 valence electrons. The third-order valence-corrected chi connectivity index (χ3v) is 2.91. The van der Waals surface area contributed by atoms with Crippen molar-refractivity contribution < 1.29 is 9.53 Å². The van der Waals surface area contributed by atoms with Crippen molar-refractivity contribution in [2.75, 3.05) is 19.8 Å². The lowest BCUT2D eigenvalue weighted by atomic mass is 10.00. The van der Waals surface area contributed by atoms with Gasteiger partial charge in [-0.15, -0.1) is 0 Å². The fourth-order valence-corrected chi connectivity index (χ4v) is 1.70. The lowest BCUT2D eigenvalue weighted by molar-refractivity contribution is -0.121. The maximum atomic E-state index is 11.9. The van der Waals surface area contributed by atoms with Crippen LogP contribution in [0, 0.1) is 17.2 Å². The van der Waals surface area contributed by atoms with E-state index in [0.29, 0.717) is 31.2 Å². The van der Waals surface area contributed by atoms with Gasteiger partial charge >= 0.3 is 0 Å². The molecule has 0 spiro atoms. The number of rotatable bonds is 8. The first-order chi connectivity index (χ1) is 9.65. The molecule has 4 nitrogen and oxygen atoms in total. The highest BCUT2D eigenvalue weighted by Crippen LogP contribution is 2.14.